The van der Waals surface area contributed by atoms with Gasteiger partial charge in [0, 0.05) is 18.0 Å². The van der Waals surface area contributed by atoms with E-state index in [1.807, 2.05) is 41.3 Å². The molecule has 0 radical (unpaired) electrons. The number of ether oxygens (including phenoxy) is 1. The van der Waals surface area contributed by atoms with Gasteiger partial charge in [-0.05, 0) is 37.0 Å². The third-order valence-corrected chi connectivity index (χ3v) is 6.42. The van der Waals surface area contributed by atoms with E-state index in [2.05, 4.69) is 12.2 Å². The van der Waals surface area contributed by atoms with E-state index >= 15 is 0 Å². The van der Waals surface area contributed by atoms with Gasteiger partial charge < -0.3 is 15.0 Å². The largest absolute Gasteiger partial charge is 0.452 e. The summed E-state index contributed by atoms with van der Waals surface area (Å²) in [7, 11) is 0. The van der Waals surface area contributed by atoms with Crippen molar-refractivity contribution in [3.8, 4) is 0 Å². The van der Waals surface area contributed by atoms with Crippen LogP contribution in [0.3, 0.4) is 0 Å². The van der Waals surface area contributed by atoms with Crippen molar-refractivity contribution in [1.29, 1.82) is 0 Å². The number of rotatable bonds is 10. The van der Waals surface area contributed by atoms with Crippen molar-refractivity contribution in [2.24, 2.45) is 0 Å². The van der Waals surface area contributed by atoms with E-state index in [9.17, 15) is 14.4 Å². The molecule has 1 saturated heterocycles. The lowest BCUT2D eigenvalue weighted by Gasteiger charge is -2.19. The van der Waals surface area contributed by atoms with E-state index in [0.717, 1.165) is 44.3 Å². The van der Waals surface area contributed by atoms with Gasteiger partial charge in [-0.1, -0.05) is 55.8 Å². The molecule has 3 rings (SSSR count). The van der Waals surface area contributed by atoms with Crippen molar-refractivity contribution in [2.75, 3.05) is 25.4 Å². The lowest BCUT2D eigenvalue weighted by Crippen LogP contribution is -2.32. The van der Waals surface area contributed by atoms with Crippen LogP contribution in [0.1, 0.15) is 54.6 Å². The minimum Gasteiger partial charge on any atom is -0.452 e. The van der Waals surface area contributed by atoms with Gasteiger partial charge in [-0.3, -0.25) is 9.59 Å². The molecule has 2 amide bonds. The van der Waals surface area contributed by atoms with Gasteiger partial charge >= 0.3 is 5.97 Å². The lowest BCUT2D eigenvalue weighted by atomic mass is 10.0. The van der Waals surface area contributed by atoms with Crippen LogP contribution in [0.4, 0.5) is 0 Å². The molecule has 7 heteroatoms. The maximum Gasteiger partial charge on any atom is 0.339 e. The average Bonchev–Trinajstić information content (AvgIpc) is 3.37. The summed E-state index contributed by atoms with van der Waals surface area (Å²) in [4.78, 5) is 39.9. The van der Waals surface area contributed by atoms with Crippen LogP contribution in [-0.4, -0.2) is 48.1 Å². The highest BCUT2D eigenvalue weighted by atomic mass is 32.2. The molecule has 1 N–H and O–H groups in total. The summed E-state index contributed by atoms with van der Waals surface area (Å²) in [5, 5.41) is 2.96. The highest BCUT2D eigenvalue weighted by Gasteiger charge is 2.20. The first-order chi connectivity index (χ1) is 15.6. The number of nitrogens with one attached hydrogen (secondary N) is 1. The zero-order valence-corrected chi connectivity index (χ0v) is 19.2. The van der Waals surface area contributed by atoms with Crippen LogP contribution in [0.25, 0.3) is 0 Å². The number of nitrogens with zero attached hydrogens (tertiary/aromatic N) is 1. The number of hydrogen-bond donors (Lipinski definition) is 1. The summed E-state index contributed by atoms with van der Waals surface area (Å²) in [6.45, 7) is 3.32. The van der Waals surface area contributed by atoms with Crippen molar-refractivity contribution < 1.29 is 19.1 Å². The van der Waals surface area contributed by atoms with E-state index < -0.39 is 5.97 Å². The van der Waals surface area contributed by atoms with E-state index in [1.165, 1.54) is 11.8 Å². The van der Waals surface area contributed by atoms with Gasteiger partial charge in [-0.15, -0.1) is 11.8 Å². The number of amides is 2. The molecular weight excluding hydrogens is 424 g/mol. The first kappa shape index (κ1) is 23.9. The maximum atomic E-state index is 12.6. The molecule has 2 aromatic carbocycles. The standard InChI is InChI=1S/C25H30N2O4S/c1-2-10-21(19-11-4-3-5-12-19)26-23(28)17-31-25(30)20-13-6-7-14-22(20)32-18-24(29)27-15-8-9-16-27/h3-7,11-14,21H,2,8-10,15-18H2,1H3,(H,26,28). The Morgan fingerprint density at radius 1 is 1.03 bits per heavy atom. The molecule has 32 heavy (non-hydrogen) atoms. The Hall–Kier alpha value is -2.80. The Kier molecular flexibility index (Phi) is 9.16. The van der Waals surface area contributed by atoms with Gasteiger partial charge in [0.15, 0.2) is 6.61 Å². The zero-order chi connectivity index (χ0) is 22.8. The third-order valence-electron chi connectivity index (χ3n) is 5.37. The molecule has 0 saturated carbocycles. The van der Waals surface area contributed by atoms with Crippen LogP contribution < -0.4 is 5.32 Å². The Bertz CT molecular complexity index is 913. The van der Waals surface area contributed by atoms with E-state index in [1.54, 1.807) is 18.2 Å². The van der Waals surface area contributed by atoms with Crippen molar-refractivity contribution in [3.05, 3.63) is 65.7 Å². The molecule has 170 valence electrons. The molecule has 0 aliphatic carbocycles. The van der Waals surface area contributed by atoms with Gasteiger partial charge in [0.2, 0.25) is 5.91 Å². The molecule has 0 bridgehead atoms. The number of likely N-dealkylation sites (tertiary alicyclic amines) is 1. The van der Waals surface area contributed by atoms with Crippen molar-refractivity contribution in [3.63, 3.8) is 0 Å². The number of esters is 1. The Labute approximate surface area is 193 Å². The minimum absolute atomic E-state index is 0.0814. The van der Waals surface area contributed by atoms with E-state index in [0.29, 0.717) is 10.5 Å². The normalized spacial score (nSPS) is 14.1. The number of hydrogen-bond acceptors (Lipinski definition) is 5. The Morgan fingerprint density at radius 2 is 1.72 bits per heavy atom. The molecule has 0 spiro atoms. The predicted octanol–water partition coefficient (Wildman–Crippen LogP) is 4.22. The van der Waals surface area contributed by atoms with E-state index in [4.69, 9.17) is 4.74 Å². The first-order valence-corrected chi connectivity index (χ1v) is 12.1. The molecule has 1 aliphatic rings. The molecule has 1 atom stereocenters. The van der Waals surface area contributed by atoms with Gasteiger partial charge in [0.25, 0.3) is 5.91 Å². The second-order valence-electron chi connectivity index (χ2n) is 7.77. The Balaban J connectivity index is 1.54. The fraction of sp³-hybridized carbons (Fsp3) is 0.400. The van der Waals surface area contributed by atoms with Crippen molar-refractivity contribution >= 4 is 29.5 Å². The first-order valence-electron chi connectivity index (χ1n) is 11.1. The van der Waals surface area contributed by atoms with Gasteiger partial charge in [-0.2, -0.15) is 0 Å². The quantitative estimate of drug-likeness (QED) is 0.430. The highest BCUT2D eigenvalue weighted by Crippen LogP contribution is 2.24. The van der Waals surface area contributed by atoms with Crippen LogP contribution in [0, 0.1) is 0 Å². The fourth-order valence-corrected chi connectivity index (χ4v) is 4.64. The van der Waals surface area contributed by atoms with E-state index in [-0.39, 0.29) is 30.2 Å². The highest BCUT2D eigenvalue weighted by molar-refractivity contribution is 8.00. The number of carbonyl (C=O) groups excluding carboxylic acids is 3. The summed E-state index contributed by atoms with van der Waals surface area (Å²) in [5.74, 6) is -0.544. The zero-order valence-electron chi connectivity index (χ0n) is 18.4. The third kappa shape index (κ3) is 6.85. The minimum atomic E-state index is -0.566. The molecule has 1 heterocycles. The summed E-state index contributed by atoms with van der Waals surface area (Å²) < 4.78 is 5.29. The topological polar surface area (TPSA) is 75.7 Å². The van der Waals surface area contributed by atoms with Gasteiger partial charge in [0.1, 0.15) is 0 Å². The molecule has 6 nitrogen and oxygen atoms in total. The van der Waals surface area contributed by atoms with Gasteiger partial charge in [0.05, 0.1) is 17.4 Å². The van der Waals surface area contributed by atoms with Crippen LogP contribution >= 0.6 is 11.8 Å². The SMILES string of the molecule is CCCC(NC(=O)COC(=O)c1ccccc1SCC(=O)N1CCCC1)c1ccccc1. The number of thioether (sulfide) groups is 1. The average molecular weight is 455 g/mol. The summed E-state index contributed by atoms with van der Waals surface area (Å²) in [5.41, 5.74) is 1.39. The van der Waals surface area contributed by atoms with Crippen molar-refractivity contribution in [1.82, 2.24) is 10.2 Å². The molecule has 1 aliphatic heterocycles. The maximum absolute atomic E-state index is 12.6. The van der Waals surface area contributed by atoms with Crippen molar-refractivity contribution in [2.45, 2.75) is 43.5 Å². The molecule has 1 fully saturated rings. The number of carbonyl (C=O) groups is 3. The van der Waals surface area contributed by atoms with Gasteiger partial charge in [-0.25, -0.2) is 4.79 Å². The Morgan fingerprint density at radius 3 is 2.44 bits per heavy atom. The second kappa shape index (κ2) is 12.3. The summed E-state index contributed by atoms with van der Waals surface area (Å²) in [6.07, 6.45) is 3.81. The number of benzene rings is 2. The predicted molar refractivity (Wildman–Crippen MR) is 125 cm³/mol. The molecule has 1 unspecified atom stereocenters. The van der Waals surface area contributed by atoms with Crippen LogP contribution in [0.5, 0.6) is 0 Å². The summed E-state index contributed by atoms with van der Waals surface area (Å²) >= 11 is 1.33. The lowest BCUT2D eigenvalue weighted by molar-refractivity contribution is -0.127. The summed E-state index contributed by atoms with van der Waals surface area (Å²) in [6, 6.07) is 16.7. The second-order valence-corrected chi connectivity index (χ2v) is 8.79. The molecule has 0 aromatic heterocycles. The van der Waals surface area contributed by atoms with Crippen LogP contribution in [-0.2, 0) is 14.3 Å². The van der Waals surface area contributed by atoms with Crippen LogP contribution in [0.15, 0.2) is 59.5 Å². The fourth-order valence-electron chi connectivity index (χ4n) is 3.70. The monoisotopic (exact) mass is 454 g/mol. The van der Waals surface area contributed by atoms with Crippen LogP contribution in [0.2, 0.25) is 0 Å². The molecular formula is C25H30N2O4S. The molecule has 2 aromatic rings. The smallest absolute Gasteiger partial charge is 0.339 e.